The molecule has 1 rings (SSSR count). The van der Waals surface area contributed by atoms with Crippen molar-refractivity contribution in [3.8, 4) is 5.75 Å². The predicted molar refractivity (Wildman–Crippen MR) is 84.7 cm³/mol. The summed E-state index contributed by atoms with van der Waals surface area (Å²) in [6.45, 7) is 11.0. The second-order valence-corrected chi connectivity index (χ2v) is 11.5. The van der Waals surface area contributed by atoms with Gasteiger partial charge in [0.15, 0.2) is 8.32 Å². The van der Waals surface area contributed by atoms with Gasteiger partial charge in [0.1, 0.15) is 16.5 Å². The average molecular weight is 332 g/mol. The van der Waals surface area contributed by atoms with Gasteiger partial charge < -0.3 is 14.3 Å². The smallest absolute Gasteiger partial charge is 0.342 e. The van der Waals surface area contributed by atoms with Crippen LogP contribution in [0.25, 0.3) is 0 Å². The highest BCUT2D eigenvalue weighted by Gasteiger charge is 2.37. The molecular weight excluding hydrogens is 310 g/mol. The van der Waals surface area contributed by atoms with E-state index >= 15 is 0 Å². The van der Waals surface area contributed by atoms with Crippen LogP contribution in [0.4, 0.5) is 0 Å². The van der Waals surface area contributed by atoms with Crippen LogP contribution in [0, 0.1) is 0 Å². The molecule has 1 N–H and O–H groups in total. The highest BCUT2D eigenvalue weighted by molar-refractivity contribution is 6.74. The summed E-state index contributed by atoms with van der Waals surface area (Å²) in [7, 11) is -0.509. The van der Waals surface area contributed by atoms with Crippen LogP contribution in [0.2, 0.25) is 23.3 Å². The summed E-state index contributed by atoms with van der Waals surface area (Å²) >= 11 is 5.93. The van der Waals surface area contributed by atoms with Crippen molar-refractivity contribution in [3.05, 3.63) is 22.5 Å². The first-order valence-electron chi connectivity index (χ1n) is 6.60. The highest BCUT2D eigenvalue weighted by atomic mass is 35.5. The van der Waals surface area contributed by atoms with Crippen molar-refractivity contribution < 1.29 is 19.1 Å². The largest absolute Gasteiger partial charge is 0.496 e. The van der Waals surface area contributed by atoms with Crippen molar-refractivity contribution in [1.82, 2.24) is 4.98 Å². The molecular formula is C14H22ClNO4Si. The van der Waals surface area contributed by atoms with E-state index in [1.165, 1.54) is 7.11 Å². The molecule has 0 spiro atoms. The summed E-state index contributed by atoms with van der Waals surface area (Å²) in [6.07, 6.45) is 0. The molecule has 1 aromatic heterocycles. The predicted octanol–water partition coefficient (Wildman–Crippen LogP) is 3.96. The molecule has 0 aromatic carbocycles. The molecule has 0 aliphatic carbocycles. The molecule has 0 aliphatic heterocycles. The lowest BCUT2D eigenvalue weighted by molar-refractivity contribution is 0.0693. The first kappa shape index (κ1) is 17.9. The van der Waals surface area contributed by atoms with Gasteiger partial charge in [-0.15, -0.1) is 0 Å². The lowest BCUT2D eigenvalue weighted by atomic mass is 10.2. The molecule has 0 saturated heterocycles. The van der Waals surface area contributed by atoms with E-state index in [1.54, 1.807) is 6.07 Å². The lowest BCUT2D eigenvalue weighted by Gasteiger charge is -2.36. The molecule has 0 bridgehead atoms. The Kier molecular flexibility index (Phi) is 5.41. The Labute approximate surface area is 131 Å². The van der Waals surface area contributed by atoms with Gasteiger partial charge in [-0.1, -0.05) is 32.4 Å². The van der Waals surface area contributed by atoms with Crippen LogP contribution in [0.5, 0.6) is 5.75 Å². The molecule has 21 heavy (non-hydrogen) atoms. The number of carboxylic acid groups (broad SMARTS) is 1. The first-order valence-corrected chi connectivity index (χ1v) is 9.89. The second-order valence-electron chi connectivity index (χ2n) is 6.34. The summed E-state index contributed by atoms with van der Waals surface area (Å²) in [5.41, 5.74) is 0.432. The van der Waals surface area contributed by atoms with Gasteiger partial charge in [-0.3, -0.25) is 0 Å². The number of ether oxygens (including phenoxy) is 1. The van der Waals surface area contributed by atoms with Gasteiger partial charge in [-0.2, -0.15) is 0 Å². The number of aromatic nitrogens is 1. The van der Waals surface area contributed by atoms with Crippen molar-refractivity contribution in [2.45, 2.75) is 45.5 Å². The van der Waals surface area contributed by atoms with E-state index in [-0.39, 0.29) is 28.1 Å². The van der Waals surface area contributed by atoms with Crippen LogP contribution < -0.4 is 4.74 Å². The molecule has 0 fully saturated rings. The van der Waals surface area contributed by atoms with Crippen LogP contribution in [0.15, 0.2) is 6.07 Å². The summed E-state index contributed by atoms with van der Waals surface area (Å²) in [5, 5.41) is 9.10. The molecule has 0 amide bonds. The number of halogens is 1. The van der Waals surface area contributed by atoms with E-state index in [1.807, 2.05) is 0 Å². The Balaban J connectivity index is 3.02. The molecule has 7 heteroatoms. The number of aromatic carboxylic acids is 1. The van der Waals surface area contributed by atoms with E-state index in [2.05, 4.69) is 38.8 Å². The maximum absolute atomic E-state index is 11.1. The summed E-state index contributed by atoms with van der Waals surface area (Å²) in [4.78, 5) is 15.2. The van der Waals surface area contributed by atoms with Gasteiger partial charge in [0.25, 0.3) is 0 Å². The van der Waals surface area contributed by atoms with Crippen molar-refractivity contribution >= 4 is 25.9 Å². The number of methoxy groups -OCH3 is 1. The fourth-order valence-corrected chi connectivity index (χ4v) is 2.66. The number of pyridine rings is 1. The zero-order valence-corrected chi connectivity index (χ0v) is 15.0. The molecule has 0 saturated carbocycles. The van der Waals surface area contributed by atoms with E-state index in [0.717, 1.165) is 0 Å². The zero-order chi connectivity index (χ0) is 16.4. The Hall–Kier alpha value is -1.11. The van der Waals surface area contributed by atoms with Crippen molar-refractivity contribution in [3.63, 3.8) is 0 Å². The number of hydrogen-bond donors (Lipinski definition) is 1. The second kappa shape index (κ2) is 6.33. The molecule has 1 heterocycles. The first-order chi connectivity index (χ1) is 9.49. The average Bonchev–Trinajstić information content (AvgIpc) is 2.33. The van der Waals surface area contributed by atoms with Crippen molar-refractivity contribution in [2.75, 3.05) is 7.11 Å². The van der Waals surface area contributed by atoms with Gasteiger partial charge in [-0.25, -0.2) is 9.78 Å². The third-order valence-electron chi connectivity index (χ3n) is 3.81. The topological polar surface area (TPSA) is 68.7 Å². The summed E-state index contributed by atoms with van der Waals surface area (Å²) in [5.74, 6) is -0.974. The van der Waals surface area contributed by atoms with Crippen molar-refractivity contribution in [2.24, 2.45) is 0 Å². The van der Waals surface area contributed by atoms with E-state index in [9.17, 15) is 4.79 Å². The monoisotopic (exact) mass is 331 g/mol. The van der Waals surface area contributed by atoms with Crippen LogP contribution in [0.3, 0.4) is 0 Å². The van der Waals surface area contributed by atoms with Crippen LogP contribution in [-0.4, -0.2) is 31.5 Å². The number of nitrogens with zero attached hydrogens (tertiary/aromatic N) is 1. The van der Waals surface area contributed by atoms with Crippen molar-refractivity contribution in [1.29, 1.82) is 0 Å². The minimum absolute atomic E-state index is 0.0852. The van der Waals surface area contributed by atoms with E-state index in [0.29, 0.717) is 5.69 Å². The molecule has 118 valence electrons. The molecule has 0 unspecified atom stereocenters. The maximum Gasteiger partial charge on any atom is 0.342 e. The van der Waals surface area contributed by atoms with E-state index < -0.39 is 14.3 Å². The molecule has 0 atom stereocenters. The SMILES string of the molecule is COc1cc(CO[Si](C)(C)C(C)(C)C)nc(Cl)c1C(=O)O. The standard InChI is InChI=1S/C14H22ClNO4Si/c1-14(2,3)21(5,6)20-8-9-7-10(19-4)11(13(17)18)12(15)16-9/h7H,8H2,1-6H3,(H,17,18). The fraction of sp³-hybridized carbons (Fsp3) is 0.571. The van der Waals surface area contributed by atoms with Gasteiger partial charge in [0, 0.05) is 6.07 Å². The minimum Gasteiger partial charge on any atom is -0.496 e. The minimum atomic E-state index is -1.91. The Morgan fingerprint density at radius 3 is 2.43 bits per heavy atom. The van der Waals surface area contributed by atoms with E-state index in [4.69, 9.17) is 25.9 Å². The molecule has 0 radical (unpaired) electrons. The van der Waals surface area contributed by atoms with Crippen LogP contribution >= 0.6 is 11.6 Å². The normalized spacial score (nSPS) is 12.3. The van der Waals surface area contributed by atoms with Gasteiger partial charge >= 0.3 is 5.97 Å². The third-order valence-corrected chi connectivity index (χ3v) is 8.56. The van der Waals surface area contributed by atoms with Gasteiger partial charge in [-0.05, 0) is 18.1 Å². The number of carbonyl (C=O) groups is 1. The maximum atomic E-state index is 11.1. The molecule has 0 aliphatic rings. The van der Waals surface area contributed by atoms with Gasteiger partial charge in [0.2, 0.25) is 0 Å². The number of hydrogen-bond acceptors (Lipinski definition) is 4. The number of carboxylic acids is 1. The fourth-order valence-electron chi connectivity index (χ4n) is 1.44. The lowest BCUT2D eigenvalue weighted by Crippen LogP contribution is -2.40. The zero-order valence-electron chi connectivity index (χ0n) is 13.3. The summed E-state index contributed by atoms with van der Waals surface area (Å²) < 4.78 is 11.1. The third kappa shape index (κ3) is 4.18. The molecule has 5 nitrogen and oxygen atoms in total. The van der Waals surface area contributed by atoms with Gasteiger partial charge in [0.05, 0.1) is 19.4 Å². The Bertz CT molecular complexity index is 541. The quantitative estimate of drug-likeness (QED) is 0.653. The highest BCUT2D eigenvalue weighted by Crippen LogP contribution is 2.37. The summed E-state index contributed by atoms with van der Waals surface area (Å²) in [6, 6.07) is 1.56. The van der Waals surface area contributed by atoms with Crippen LogP contribution in [-0.2, 0) is 11.0 Å². The Morgan fingerprint density at radius 1 is 1.43 bits per heavy atom. The van der Waals surface area contributed by atoms with Crippen LogP contribution in [0.1, 0.15) is 36.8 Å². The molecule has 1 aromatic rings. The Morgan fingerprint density at radius 2 is 2.00 bits per heavy atom. The number of rotatable bonds is 5.